The maximum absolute atomic E-state index is 13.6. The van der Waals surface area contributed by atoms with Crippen LogP contribution in [0, 0.1) is 18.8 Å². The number of imide groups is 1. The quantitative estimate of drug-likeness (QED) is 0.614. The summed E-state index contributed by atoms with van der Waals surface area (Å²) in [6.45, 7) is 6.33. The molecule has 2 fully saturated rings. The first-order valence-electron chi connectivity index (χ1n) is 11.0. The van der Waals surface area contributed by atoms with Crippen LogP contribution in [0.4, 0.5) is 11.4 Å². The minimum atomic E-state index is -0.764. The van der Waals surface area contributed by atoms with Gasteiger partial charge in [0.25, 0.3) is 5.91 Å². The third-order valence-electron chi connectivity index (χ3n) is 6.40. The maximum atomic E-state index is 13.6. The lowest BCUT2D eigenvalue weighted by atomic mass is 9.82. The van der Waals surface area contributed by atoms with Gasteiger partial charge in [0.05, 0.1) is 23.3 Å². The van der Waals surface area contributed by atoms with E-state index in [4.69, 9.17) is 4.84 Å². The molecule has 0 aliphatic carbocycles. The molecule has 2 amide bonds. The van der Waals surface area contributed by atoms with E-state index in [1.807, 2.05) is 66.6 Å². The number of aryl methyl sites for hydroxylation is 1. The van der Waals surface area contributed by atoms with E-state index in [0.717, 1.165) is 36.9 Å². The largest absolute Gasteiger partial charge is 0.273 e. The number of anilines is 2. The zero-order chi connectivity index (χ0) is 21.3. The topological polar surface area (TPSA) is 49.9 Å². The summed E-state index contributed by atoms with van der Waals surface area (Å²) in [5.41, 5.74) is 2.61. The first-order valence-corrected chi connectivity index (χ1v) is 11.0. The van der Waals surface area contributed by atoms with Gasteiger partial charge in [0.2, 0.25) is 5.91 Å². The summed E-state index contributed by atoms with van der Waals surface area (Å²) < 4.78 is 0. The van der Waals surface area contributed by atoms with Gasteiger partial charge in [-0.2, -0.15) is 0 Å². The van der Waals surface area contributed by atoms with Crippen LogP contribution in [-0.2, 0) is 14.4 Å². The summed E-state index contributed by atoms with van der Waals surface area (Å²) in [6.07, 6.45) is 3.39. The smallest absolute Gasteiger partial charge is 0.266 e. The Hall–Kier alpha value is -2.66. The summed E-state index contributed by atoms with van der Waals surface area (Å²) in [4.78, 5) is 34.4. The van der Waals surface area contributed by atoms with Gasteiger partial charge in [-0.1, -0.05) is 69.0 Å². The van der Waals surface area contributed by atoms with Gasteiger partial charge in [-0.15, -0.1) is 0 Å². The van der Waals surface area contributed by atoms with Crippen LogP contribution in [0.15, 0.2) is 54.6 Å². The highest BCUT2D eigenvalue weighted by atomic mass is 16.7. The number of hydrogen-bond donors (Lipinski definition) is 0. The molecule has 0 bridgehead atoms. The molecule has 4 atom stereocenters. The lowest BCUT2D eigenvalue weighted by Gasteiger charge is -2.33. The van der Waals surface area contributed by atoms with E-state index in [1.54, 1.807) is 0 Å². The zero-order valence-corrected chi connectivity index (χ0v) is 18.0. The lowest BCUT2D eigenvalue weighted by Crippen LogP contribution is -2.44. The highest BCUT2D eigenvalue weighted by molar-refractivity contribution is 6.23. The van der Waals surface area contributed by atoms with Crippen LogP contribution in [0.2, 0.25) is 0 Å². The van der Waals surface area contributed by atoms with E-state index in [2.05, 4.69) is 13.8 Å². The number of carbonyl (C=O) groups excluding carboxylic acids is 2. The Kier molecular flexibility index (Phi) is 5.91. The van der Waals surface area contributed by atoms with Crippen LogP contribution in [0.25, 0.3) is 0 Å². The minimum Gasteiger partial charge on any atom is -0.273 e. The number of hydroxylamine groups is 1. The number of hydrogen-bond acceptors (Lipinski definition) is 4. The molecular weight excluding hydrogens is 376 g/mol. The van der Waals surface area contributed by atoms with Gasteiger partial charge in [0, 0.05) is 0 Å². The van der Waals surface area contributed by atoms with Crippen LogP contribution in [0.5, 0.6) is 0 Å². The Labute approximate surface area is 178 Å². The highest BCUT2D eigenvalue weighted by Gasteiger charge is 2.61. The van der Waals surface area contributed by atoms with Crippen molar-refractivity contribution in [2.75, 3.05) is 9.96 Å². The summed E-state index contributed by atoms with van der Waals surface area (Å²) in [5.74, 6) is -0.620. The molecule has 0 saturated carbocycles. The maximum Gasteiger partial charge on any atom is 0.266 e. The number of amides is 2. The molecule has 5 heteroatoms. The van der Waals surface area contributed by atoms with E-state index < -0.39 is 12.0 Å². The van der Waals surface area contributed by atoms with E-state index in [-0.39, 0.29) is 23.8 Å². The van der Waals surface area contributed by atoms with Crippen molar-refractivity contribution in [1.82, 2.24) is 0 Å². The molecule has 2 aliphatic heterocycles. The van der Waals surface area contributed by atoms with E-state index >= 15 is 0 Å². The summed E-state index contributed by atoms with van der Waals surface area (Å²) in [5, 5.41) is 1.85. The monoisotopic (exact) mass is 406 g/mol. The third kappa shape index (κ3) is 3.52. The number of unbranched alkanes of at least 4 members (excludes halogenated alkanes) is 1. The molecule has 2 heterocycles. The molecule has 0 aromatic heterocycles. The number of para-hydroxylation sites is 1. The van der Waals surface area contributed by atoms with Crippen molar-refractivity contribution in [2.24, 2.45) is 11.8 Å². The van der Waals surface area contributed by atoms with Crippen LogP contribution in [0.3, 0.4) is 0 Å². The molecule has 2 aromatic carbocycles. The fraction of sp³-hybridized carbons (Fsp3) is 0.440. The fourth-order valence-corrected chi connectivity index (χ4v) is 4.77. The van der Waals surface area contributed by atoms with Crippen LogP contribution < -0.4 is 9.96 Å². The van der Waals surface area contributed by atoms with Crippen molar-refractivity contribution in [3.63, 3.8) is 0 Å². The molecule has 5 nitrogen and oxygen atoms in total. The Morgan fingerprint density at radius 1 is 0.933 bits per heavy atom. The molecule has 158 valence electrons. The fourth-order valence-electron chi connectivity index (χ4n) is 4.77. The third-order valence-corrected chi connectivity index (χ3v) is 6.40. The Morgan fingerprint density at radius 3 is 2.27 bits per heavy atom. The van der Waals surface area contributed by atoms with Crippen LogP contribution in [0.1, 0.15) is 45.1 Å². The SMILES string of the molecule is CCCC[C@@H](CC)[C@@H]1[C@H]2C(=O)N(c3ccc(C)cc3)C(=O)[C@H]2ON1c1ccccc1. The van der Waals surface area contributed by atoms with Gasteiger partial charge in [0.15, 0.2) is 6.10 Å². The zero-order valence-electron chi connectivity index (χ0n) is 18.0. The first-order chi connectivity index (χ1) is 14.6. The van der Waals surface area contributed by atoms with Crippen molar-refractivity contribution in [3.05, 3.63) is 60.2 Å². The molecule has 0 unspecified atom stereocenters. The average Bonchev–Trinajstić information content (AvgIpc) is 3.27. The van der Waals surface area contributed by atoms with Crippen LogP contribution in [-0.4, -0.2) is 24.0 Å². The van der Waals surface area contributed by atoms with Gasteiger partial charge in [-0.25, -0.2) is 9.96 Å². The second-order valence-electron chi connectivity index (χ2n) is 8.36. The van der Waals surface area contributed by atoms with Gasteiger partial charge in [0.1, 0.15) is 0 Å². The molecule has 30 heavy (non-hydrogen) atoms. The minimum absolute atomic E-state index is 0.146. The standard InChI is InChI=1S/C25H30N2O3/c1-4-6-10-18(5-2)22-21-23(30-27(22)20-11-8-7-9-12-20)25(29)26(24(21)28)19-15-13-17(3)14-16-19/h7-9,11-16,18,21-23H,4-6,10H2,1-3H3/t18-,21-,22-,23+/m1/s1. The van der Waals surface area contributed by atoms with E-state index in [9.17, 15) is 9.59 Å². The van der Waals surface area contributed by atoms with Gasteiger partial charge in [-0.3, -0.25) is 14.4 Å². The predicted octanol–water partition coefficient (Wildman–Crippen LogP) is 4.89. The molecular formula is C25H30N2O3. The van der Waals surface area contributed by atoms with Gasteiger partial charge in [-0.05, 0) is 43.5 Å². The second-order valence-corrected chi connectivity index (χ2v) is 8.36. The number of carbonyl (C=O) groups is 2. The Bertz CT molecular complexity index is 896. The van der Waals surface area contributed by atoms with Crippen LogP contribution >= 0.6 is 0 Å². The first kappa shape index (κ1) is 20.6. The number of nitrogens with zero attached hydrogens (tertiary/aromatic N) is 2. The Balaban J connectivity index is 1.71. The van der Waals surface area contributed by atoms with E-state index in [1.165, 1.54) is 4.90 Å². The second kappa shape index (κ2) is 8.60. The van der Waals surface area contributed by atoms with E-state index in [0.29, 0.717) is 5.69 Å². The molecule has 2 saturated heterocycles. The summed E-state index contributed by atoms with van der Waals surface area (Å²) >= 11 is 0. The van der Waals surface area contributed by atoms with Crippen molar-refractivity contribution >= 4 is 23.2 Å². The molecule has 2 aromatic rings. The lowest BCUT2D eigenvalue weighted by molar-refractivity contribution is -0.126. The predicted molar refractivity (Wildman–Crippen MR) is 118 cm³/mol. The van der Waals surface area contributed by atoms with Crippen molar-refractivity contribution in [3.8, 4) is 0 Å². The molecule has 0 radical (unpaired) electrons. The molecule has 0 N–H and O–H groups in total. The molecule has 2 aliphatic rings. The number of benzene rings is 2. The number of rotatable bonds is 7. The van der Waals surface area contributed by atoms with Gasteiger partial charge >= 0.3 is 0 Å². The average molecular weight is 407 g/mol. The highest BCUT2D eigenvalue weighted by Crippen LogP contribution is 2.44. The van der Waals surface area contributed by atoms with Crippen molar-refractivity contribution in [2.45, 2.75) is 58.6 Å². The normalized spacial score (nSPS) is 24.4. The molecule has 4 rings (SSSR count). The number of fused-ring (bicyclic) bond motifs is 1. The Morgan fingerprint density at radius 2 is 1.63 bits per heavy atom. The van der Waals surface area contributed by atoms with Crippen molar-refractivity contribution in [1.29, 1.82) is 0 Å². The molecule has 0 spiro atoms. The summed E-state index contributed by atoms with van der Waals surface area (Å²) in [6, 6.07) is 17.2. The van der Waals surface area contributed by atoms with Gasteiger partial charge < -0.3 is 0 Å². The summed E-state index contributed by atoms with van der Waals surface area (Å²) in [7, 11) is 0. The van der Waals surface area contributed by atoms with Crippen molar-refractivity contribution < 1.29 is 14.4 Å².